The third kappa shape index (κ3) is 3.73. The molecule has 18 heavy (non-hydrogen) atoms. The molecule has 1 saturated carbocycles. The van der Waals surface area contributed by atoms with E-state index in [1.165, 1.54) is 32.1 Å². The molecule has 100 valence electrons. The van der Waals surface area contributed by atoms with Crippen molar-refractivity contribution in [3.8, 4) is 0 Å². The van der Waals surface area contributed by atoms with Gasteiger partial charge in [-0.1, -0.05) is 26.2 Å². The van der Waals surface area contributed by atoms with E-state index < -0.39 is 0 Å². The second-order valence-electron chi connectivity index (χ2n) is 4.71. The topological polar surface area (TPSA) is 51.8 Å². The van der Waals surface area contributed by atoms with Gasteiger partial charge in [-0.05, 0) is 41.9 Å². The van der Waals surface area contributed by atoms with Crippen molar-refractivity contribution in [2.45, 2.75) is 56.5 Å². The third-order valence-corrected chi connectivity index (χ3v) is 5.87. The van der Waals surface area contributed by atoms with Crippen molar-refractivity contribution in [3.63, 3.8) is 0 Å². The van der Waals surface area contributed by atoms with Gasteiger partial charge < -0.3 is 5.73 Å². The number of hydrogen-bond donors (Lipinski definition) is 1. The first kappa shape index (κ1) is 14.4. The van der Waals surface area contributed by atoms with Gasteiger partial charge in [0.15, 0.2) is 0 Å². The maximum absolute atomic E-state index is 5.94. The van der Waals surface area contributed by atoms with Gasteiger partial charge in [0.1, 0.15) is 11.6 Å². The number of aryl methyl sites for hydroxylation is 1. The molecule has 2 rings (SSSR count). The first-order valence-electron chi connectivity index (χ1n) is 6.63. The van der Waals surface area contributed by atoms with Crippen LogP contribution in [0.1, 0.15) is 50.5 Å². The maximum Gasteiger partial charge on any atom is 0.140 e. The zero-order valence-electron chi connectivity index (χ0n) is 10.8. The SMILES string of the molecule is CCc1nc(CSC2CCCCC2)nc(N)c1I. The first-order chi connectivity index (χ1) is 8.70. The van der Waals surface area contributed by atoms with Crippen molar-refractivity contribution >= 4 is 40.2 Å². The minimum absolute atomic E-state index is 0.640. The number of aromatic nitrogens is 2. The van der Waals surface area contributed by atoms with Crippen LogP contribution in [0.25, 0.3) is 0 Å². The van der Waals surface area contributed by atoms with Crippen LogP contribution < -0.4 is 5.73 Å². The molecule has 2 N–H and O–H groups in total. The second-order valence-corrected chi connectivity index (χ2v) is 7.08. The number of nitrogens with zero attached hydrogens (tertiary/aromatic N) is 2. The number of anilines is 1. The molecule has 1 fully saturated rings. The van der Waals surface area contributed by atoms with Gasteiger partial charge in [0.25, 0.3) is 0 Å². The number of halogens is 1. The number of rotatable bonds is 4. The molecule has 0 aromatic carbocycles. The molecule has 0 amide bonds. The van der Waals surface area contributed by atoms with Gasteiger partial charge in [0, 0.05) is 5.25 Å². The third-order valence-electron chi connectivity index (χ3n) is 3.33. The molecule has 0 radical (unpaired) electrons. The Morgan fingerprint density at radius 3 is 2.67 bits per heavy atom. The van der Waals surface area contributed by atoms with Gasteiger partial charge in [-0.2, -0.15) is 11.8 Å². The summed E-state index contributed by atoms with van der Waals surface area (Å²) in [6.07, 6.45) is 7.80. The summed E-state index contributed by atoms with van der Waals surface area (Å²) in [7, 11) is 0. The van der Waals surface area contributed by atoms with Crippen LogP contribution in [0, 0.1) is 3.57 Å². The van der Waals surface area contributed by atoms with Crippen LogP contribution in [0.15, 0.2) is 0 Å². The molecule has 1 aromatic rings. The molecule has 1 aliphatic carbocycles. The van der Waals surface area contributed by atoms with E-state index >= 15 is 0 Å². The molecule has 5 heteroatoms. The van der Waals surface area contributed by atoms with E-state index in [4.69, 9.17) is 5.73 Å². The molecule has 0 atom stereocenters. The molecular formula is C13H20IN3S. The minimum atomic E-state index is 0.640. The van der Waals surface area contributed by atoms with Crippen molar-refractivity contribution in [2.24, 2.45) is 0 Å². The molecule has 1 heterocycles. The van der Waals surface area contributed by atoms with E-state index in [2.05, 4.69) is 39.5 Å². The molecule has 0 bridgehead atoms. The maximum atomic E-state index is 5.94. The Kier molecular flexibility index (Phi) is 5.54. The van der Waals surface area contributed by atoms with Gasteiger partial charge in [-0.15, -0.1) is 0 Å². The summed E-state index contributed by atoms with van der Waals surface area (Å²) in [6, 6.07) is 0. The van der Waals surface area contributed by atoms with Crippen LogP contribution >= 0.6 is 34.4 Å². The summed E-state index contributed by atoms with van der Waals surface area (Å²) in [6.45, 7) is 2.11. The molecule has 1 aromatic heterocycles. The van der Waals surface area contributed by atoms with Crippen LogP contribution in [0.3, 0.4) is 0 Å². The zero-order valence-corrected chi connectivity index (χ0v) is 13.8. The highest BCUT2D eigenvalue weighted by Crippen LogP contribution is 2.30. The van der Waals surface area contributed by atoms with Crippen LogP contribution in [0.5, 0.6) is 0 Å². The lowest BCUT2D eigenvalue weighted by Gasteiger charge is -2.20. The van der Waals surface area contributed by atoms with Crippen LogP contribution in [0.2, 0.25) is 0 Å². The monoisotopic (exact) mass is 377 g/mol. The average Bonchev–Trinajstić information content (AvgIpc) is 2.41. The molecule has 0 unspecified atom stereocenters. The number of hydrogen-bond acceptors (Lipinski definition) is 4. The Hall–Kier alpha value is -0.0400. The van der Waals surface area contributed by atoms with E-state index in [1.54, 1.807) is 0 Å². The normalized spacial score (nSPS) is 17.0. The van der Waals surface area contributed by atoms with Gasteiger partial charge >= 0.3 is 0 Å². The van der Waals surface area contributed by atoms with Crippen molar-refractivity contribution in [1.82, 2.24) is 9.97 Å². The summed E-state index contributed by atoms with van der Waals surface area (Å²) in [5.41, 5.74) is 7.02. The van der Waals surface area contributed by atoms with Crippen molar-refractivity contribution in [1.29, 1.82) is 0 Å². The van der Waals surface area contributed by atoms with Crippen LogP contribution in [-0.2, 0) is 12.2 Å². The first-order valence-corrected chi connectivity index (χ1v) is 8.75. The Bertz CT molecular complexity index is 405. The van der Waals surface area contributed by atoms with Gasteiger partial charge in [-0.25, -0.2) is 9.97 Å². The van der Waals surface area contributed by atoms with Crippen LogP contribution in [-0.4, -0.2) is 15.2 Å². The van der Waals surface area contributed by atoms with Crippen molar-refractivity contribution in [2.75, 3.05) is 5.73 Å². The van der Waals surface area contributed by atoms with Crippen LogP contribution in [0.4, 0.5) is 5.82 Å². The number of thioether (sulfide) groups is 1. The van der Waals surface area contributed by atoms with Crippen molar-refractivity contribution < 1.29 is 0 Å². The van der Waals surface area contributed by atoms with E-state index in [1.807, 2.05) is 11.8 Å². The molecule has 0 saturated heterocycles. The second kappa shape index (κ2) is 6.93. The standard InChI is InChI=1S/C13H20IN3S/c1-2-10-12(14)13(15)17-11(16-10)8-18-9-6-4-3-5-7-9/h9H,2-8H2,1H3,(H2,15,16,17). The predicted octanol–water partition coefficient (Wildman–Crippen LogP) is 3.79. The summed E-state index contributed by atoms with van der Waals surface area (Å²) < 4.78 is 1.02. The Labute approximate surface area is 127 Å². The zero-order chi connectivity index (χ0) is 13.0. The van der Waals surface area contributed by atoms with Gasteiger partial charge in [0.05, 0.1) is 15.0 Å². The summed E-state index contributed by atoms with van der Waals surface area (Å²) in [5, 5.41) is 0.799. The number of nitrogen functional groups attached to an aromatic ring is 1. The van der Waals surface area contributed by atoms with Gasteiger partial charge in [-0.3, -0.25) is 0 Å². The highest BCUT2D eigenvalue weighted by molar-refractivity contribution is 14.1. The fourth-order valence-corrected chi connectivity index (χ4v) is 4.09. The molecule has 0 aliphatic heterocycles. The Balaban J connectivity index is 1.98. The fraction of sp³-hybridized carbons (Fsp3) is 0.692. The van der Waals surface area contributed by atoms with E-state index in [-0.39, 0.29) is 0 Å². The number of nitrogens with two attached hydrogens (primary N) is 1. The Morgan fingerprint density at radius 1 is 1.28 bits per heavy atom. The lowest BCUT2D eigenvalue weighted by molar-refractivity contribution is 0.516. The van der Waals surface area contributed by atoms with Crippen molar-refractivity contribution in [3.05, 3.63) is 15.1 Å². The van der Waals surface area contributed by atoms with E-state index in [0.717, 1.165) is 32.5 Å². The molecule has 0 spiro atoms. The lowest BCUT2D eigenvalue weighted by atomic mass is 10.0. The lowest BCUT2D eigenvalue weighted by Crippen LogP contribution is -2.10. The highest BCUT2D eigenvalue weighted by atomic mass is 127. The molecular weight excluding hydrogens is 357 g/mol. The summed E-state index contributed by atoms with van der Waals surface area (Å²) in [4.78, 5) is 9.02. The van der Waals surface area contributed by atoms with Gasteiger partial charge in [0.2, 0.25) is 0 Å². The minimum Gasteiger partial charge on any atom is -0.383 e. The van der Waals surface area contributed by atoms with E-state index in [9.17, 15) is 0 Å². The Morgan fingerprint density at radius 2 is 2.00 bits per heavy atom. The predicted molar refractivity (Wildman–Crippen MR) is 86.7 cm³/mol. The smallest absolute Gasteiger partial charge is 0.140 e. The largest absolute Gasteiger partial charge is 0.383 e. The van der Waals surface area contributed by atoms with E-state index in [0.29, 0.717) is 5.82 Å². The molecule has 1 aliphatic rings. The summed E-state index contributed by atoms with van der Waals surface area (Å²) in [5.74, 6) is 2.45. The molecule has 3 nitrogen and oxygen atoms in total. The summed E-state index contributed by atoms with van der Waals surface area (Å²) >= 11 is 4.24. The fourth-order valence-electron chi connectivity index (χ4n) is 2.29. The average molecular weight is 377 g/mol. The highest BCUT2D eigenvalue weighted by Gasteiger charge is 2.15. The quantitative estimate of drug-likeness (QED) is 0.812.